The molecule has 3 N–H and O–H groups in total. The standard InChI is InChI=1S/C19H33N5O5/c1-4-14-17(18(26)29-5-2)15(22-19(27)21-14)12-23-7-9-24(10-8-23)13-16(25)20-6-11-28-3/h14H,4-13H2,1-3H3,(H,20,25)(H2,21,22,27). The number of urea groups is 1. The number of piperazine rings is 1. The first-order chi connectivity index (χ1) is 14.0. The van der Waals surface area contributed by atoms with Crippen LogP contribution in [0.4, 0.5) is 4.79 Å². The smallest absolute Gasteiger partial charge is 0.337 e. The minimum atomic E-state index is -0.395. The highest BCUT2D eigenvalue weighted by Crippen LogP contribution is 2.18. The second-order valence-corrected chi connectivity index (χ2v) is 7.07. The van der Waals surface area contributed by atoms with Crippen LogP contribution in [0.15, 0.2) is 11.3 Å². The summed E-state index contributed by atoms with van der Waals surface area (Å²) in [5, 5.41) is 8.39. The van der Waals surface area contributed by atoms with Crippen LogP contribution in [0.2, 0.25) is 0 Å². The first-order valence-corrected chi connectivity index (χ1v) is 10.2. The fourth-order valence-corrected chi connectivity index (χ4v) is 3.47. The zero-order valence-corrected chi connectivity index (χ0v) is 17.6. The van der Waals surface area contributed by atoms with E-state index in [0.717, 1.165) is 26.2 Å². The van der Waals surface area contributed by atoms with E-state index in [2.05, 4.69) is 25.8 Å². The molecule has 0 aromatic heterocycles. The molecule has 0 spiro atoms. The molecule has 0 aromatic rings. The summed E-state index contributed by atoms with van der Waals surface area (Å²) < 4.78 is 10.1. The van der Waals surface area contributed by atoms with Gasteiger partial charge in [-0.2, -0.15) is 0 Å². The number of carbonyl (C=O) groups is 3. The highest BCUT2D eigenvalue weighted by Gasteiger charge is 2.32. The van der Waals surface area contributed by atoms with Crippen molar-refractivity contribution in [1.82, 2.24) is 25.8 Å². The quantitative estimate of drug-likeness (QED) is 0.321. The largest absolute Gasteiger partial charge is 0.463 e. The van der Waals surface area contributed by atoms with Crippen molar-refractivity contribution in [3.8, 4) is 0 Å². The molecule has 10 heteroatoms. The van der Waals surface area contributed by atoms with E-state index < -0.39 is 5.97 Å². The van der Waals surface area contributed by atoms with E-state index in [1.54, 1.807) is 14.0 Å². The zero-order chi connectivity index (χ0) is 21.2. The van der Waals surface area contributed by atoms with Crippen LogP contribution < -0.4 is 16.0 Å². The number of rotatable bonds is 10. The molecule has 2 aliphatic rings. The molecule has 0 aliphatic carbocycles. The molecular weight excluding hydrogens is 378 g/mol. The summed E-state index contributed by atoms with van der Waals surface area (Å²) in [5.74, 6) is -0.410. The maximum Gasteiger partial charge on any atom is 0.337 e. The van der Waals surface area contributed by atoms with Crippen molar-refractivity contribution in [2.75, 3.05) is 66.1 Å². The summed E-state index contributed by atoms with van der Waals surface area (Å²) in [5.41, 5.74) is 1.10. The fraction of sp³-hybridized carbons (Fsp3) is 0.737. The Morgan fingerprint density at radius 1 is 1.17 bits per heavy atom. The van der Waals surface area contributed by atoms with Gasteiger partial charge in [0.1, 0.15) is 0 Å². The van der Waals surface area contributed by atoms with Gasteiger partial charge in [-0.1, -0.05) is 6.92 Å². The Morgan fingerprint density at radius 2 is 1.86 bits per heavy atom. The topological polar surface area (TPSA) is 112 Å². The van der Waals surface area contributed by atoms with Gasteiger partial charge >= 0.3 is 12.0 Å². The molecule has 1 unspecified atom stereocenters. The van der Waals surface area contributed by atoms with Gasteiger partial charge in [-0.25, -0.2) is 9.59 Å². The average molecular weight is 412 g/mol. The summed E-state index contributed by atoms with van der Waals surface area (Å²) in [4.78, 5) is 40.7. The monoisotopic (exact) mass is 411 g/mol. The average Bonchev–Trinajstić information content (AvgIpc) is 2.69. The zero-order valence-electron chi connectivity index (χ0n) is 17.6. The summed E-state index contributed by atoms with van der Waals surface area (Å²) in [6, 6.07) is -0.652. The molecule has 10 nitrogen and oxygen atoms in total. The number of hydrogen-bond donors (Lipinski definition) is 3. The Hall–Kier alpha value is -2.17. The number of nitrogens with zero attached hydrogens (tertiary/aromatic N) is 2. The van der Waals surface area contributed by atoms with E-state index in [0.29, 0.717) is 43.9 Å². The summed E-state index contributed by atoms with van der Waals surface area (Å²) >= 11 is 0. The lowest BCUT2D eigenvalue weighted by Crippen LogP contribution is -2.54. The lowest BCUT2D eigenvalue weighted by Gasteiger charge is -2.36. The fourth-order valence-electron chi connectivity index (χ4n) is 3.47. The number of nitrogens with one attached hydrogen (secondary N) is 3. The van der Waals surface area contributed by atoms with Crippen molar-refractivity contribution in [3.05, 3.63) is 11.3 Å². The van der Waals surface area contributed by atoms with E-state index in [-0.39, 0.29) is 24.6 Å². The molecule has 3 amide bonds. The van der Waals surface area contributed by atoms with Crippen LogP contribution in [-0.4, -0.2) is 99.9 Å². The number of methoxy groups -OCH3 is 1. The molecule has 0 saturated carbocycles. The van der Waals surface area contributed by atoms with Crippen LogP contribution in [0.5, 0.6) is 0 Å². The molecule has 2 heterocycles. The maximum atomic E-state index is 12.5. The van der Waals surface area contributed by atoms with Gasteiger partial charge in [0.05, 0.1) is 31.4 Å². The van der Waals surface area contributed by atoms with Gasteiger partial charge in [-0.3, -0.25) is 14.6 Å². The molecule has 29 heavy (non-hydrogen) atoms. The second kappa shape index (κ2) is 11.7. The molecule has 1 fully saturated rings. The maximum absolute atomic E-state index is 12.5. The third kappa shape index (κ3) is 6.98. The number of esters is 1. The highest BCUT2D eigenvalue weighted by molar-refractivity contribution is 5.94. The van der Waals surface area contributed by atoms with Crippen LogP contribution in [0, 0.1) is 0 Å². The van der Waals surface area contributed by atoms with E-state index in [4.69, 9.17) is 9.47 Å². The molecule has 2 rings (SSSR count). The predicted octanol–water partition coefficient (Wildman–Crippen LogP) is -0.725. The van der Waals surface area contributed by atoms with Crippen LogP contribution in [-0.2, 0) is 19.1 Å². The predicted molar refractivity (Wildman–Crippen MR) is 107 cm³/mol. The van der Waals surface area contributed by atoms with E-state index in [9.17, 15) is 14.4 Å². The molecular formula is C19H33N5O5. The van der Waals surface area contributed by atoms with Crippen molar-refractivity contribution < 1.29 is 23.9 Å². The summed E-state index contributed by atoms with van der Waals surface area (Å²) in [6.45, 7) is 8.75. The SMILES string of the molecule is CCOC(=O)C1=C(CN2CCN(CC(=O)NCCOC)CC2)NC(=O)NC1CC. The third-order valence-electron chi connectivity index (χ3n) is 4.99. The Kier molecular flexibility index (Phi) is 9.36. The number of ether oxygens (including phenoxy) is 2. The van der Waals surface area contributed by atoms with Crippen molar-refractivity contribution in [1.29, 1.82) is 0 Å². The molecule has 1 saturated heterocycles. The molecule has 164 valence electrons. The second-order valence-electron chi connectivity index (χ2n) is 7.07. The van der Waals surface area contributed by atoms with Crippen LogP contribution in [0.1, 0.15) is 20.3 Å². The van der Waals surface area contributed by atoms with Gasteiger partial charge in [0.25, 0.3) is 0 Å². The highest BCUT2D eigenvalue weighted by atomic mass is 16.5. The summed E-state index contributed by atoms with van der Waals surface area (Å²) in [6.07, 6.45) is 0.608. The molecule has 2 aliphatic heterocycles. The minimum absolute atomic E-state index is 0.0146. The van der Waals surface area contributed by atoms with Crippen LogP contribution in [0.3, 0.4) is 0 Å². The van der Waals surface area contributed by atoms with E-state index in [1.807, 2.05) is 6.92 Å². The third-order valence-corrected chi connectivity index (χ3v) is 4.99. The van der Waals surface area contributed by atoms with Crippen molar-refractivity contribution in [2.45, 2.75) is 26.3 Å². The number of amides is 3. The molecule has 1 atom stereocenters. The van der Waals surface area contributed by atoms with Crippen molar-refractivity contribution >= 4 is 17.9 Å². The first kappa shape index (κ1) is 23.1. The number of hydrogen-bond acceptors (Lipinski definition) is 7. The van der Waals surface area contributed by atoms with Crippen LogP contribution >= 0.6 is 0 Å². The lowest BCUT2D eigenvalue weighted by molar-refractivity contribution is -0.139. The summed E-state index contributed by atoms with van der Waals surface area (Å²) in [7, 11) is 1.60. The van der Waals surface area contributed by atoms with Gasteiger partial charge < -0.3 is 25.4 Å². The van der Waals surface area contributed by atoms with E-state index >= 15 is 0 Å². The van der Waals surface area contributed by atoms with Gasteiger partial charge in [-0.15, -0.1) is 0 Å². The Bertz CT molecular complexity index is 616. The molecule has 0 aromatic carbocycles. The van der Waals surface area contributed by atoms with Gasteiger partial charge in [0.2, 0.25) is 5.91 Å². The Balaban J connectivity index is 1.93. The van der Waals surface area contributed by atoms with Gasteiger partial charge in [0, 0.05) is 52.1 Å². The normalized spacial score (nSPS) is 20.8. The lowest BCUT2D eigenvalue weighted by atomic mass is 10.00. The Labute approximate surface area is 171 Å². The molecule has 0 radical (unpaired) electrons. The first-order valence-electron chi connectivity index (χ1n) is 10.2. The number of carbonyl (C=O) groups excluding carboxylic acids is 3. The van der Waals surface area contributed by atoms with E-state index in [1.165, 1.54) is 0 Å². The van der Waals surface area contributed by atoms with Crippen molar-refractivity contribution in [3.63, 3.8) is 0 Å². The molecule has 0 bridgehead atoms. The van der Waals surface area contributed by atoms with Gasteiger partial charge in [0.15, 0.2) is 0 Å². The van der Waals surface area contributed by atoms with Crippen LogP contribution in [0.25, 0.3) is 0 Å². The van der Waals surface area contributed by atoms with Gasteiger partial charge in [-0.05, 0) is 13.3 Å². The van der Waals surface area contributed by atoms with Crippen molar-refractivity contribution in [2.24, 2.45) is 0 Å². The minimum Gasteiger partial charge on any atom is -0.463 e. The Morgan fingerprint density at radius 3 is 2.48 bits per heavy atom.